The molecule has 1 heterocycles. The molecule has 0 amide bonds. The Kier molecular flexibility index (Phi) is 6.45. The molecule has 1 rings (SSSR count). The van der Waals surface area contributed by atoms with Crippen molar-refractivity contribution in [2.75, 3.05) is 25.2 Å². The molecule has 0 spiro atoms. The Morgan fingerprint density at radius 1 is 1.42 bits per heavy atom. The summed E-state index contributed by atoms with van der Waals surface area (Å²) in [4.78, 5) is 19.2. The average molecular weight is 284 g/mol. The molecule has 0 aliphatic rings. The second kappa shape index (κ2) is 7.60. The molecule has 4 nitrogen and oxygen atoms in total. The number of hydrogen-bond donors (Lipinski definition) is 0. The molecule has 0 aromatic carbocycles. The highest BCUT2D eigenvalue weighted by Gasteiger charge is 2.21. The van der Waals surface area contributed by atoms with Crippen LogP contribution in [0, 0.1) is 6.92 Å². The second-order valence-corrected chi connectivity index (χ2v) is 5.60. The van der Waals surface area contributed by atoms with Crippen molar-refractivity contribution in [1.82, 2.24) is 4.98 Å². The van der Waals surface area contributed by atoms with Crippen molar-refractivity contribution < 1.29 is 9.53 Å². The van der Waals surface area contributed by atoms with Crippen molar-refractivity contribution in [2.45, 2.75) is 46.6 Å². The van der Waals surface area contributed by atoms with Crippen molar-refractivity contribution in [2.24, 2.45) is 0 Å². The van der Waals surface area contributed by atoms with Crippen LogP contribution in [0.5, 0.6) is 0 Å². The van der Waals surface area contributed by atoms with Crippen LogP contribution < -0.4 is 4.90 Å². The second-order valence-electron chi connectivity index (χ2n) is 4.62. The zero-order chi connectivity index (χ0) is 14.4. The molecule has 0 bridgehead atoms. The molecular formula is C14H24N2O2S. The number of carbonyl (C=O) groups is 1. The van der Waals surface area contributed by atoms with Gasteiger partial charge < -0.3 is 9.64 Å². The third kappa shape index (κ3) is 4.01. The maximum atomic E-state index is 11.6. The van der Waals surface area contributed by atoms with Crippen LogP contribution in [0.1, 0.15) is 49.0 Å². The van der Waals surface area contributed by atoms with E-state index in [9.17, 15) is 4.79 Å². The highest BCUT2D eigenvalue weighted by atomic mass is 32.1. The molecule has 1 aromatic rings. The Hall–Kier alpha value is -0.940. The molecule has 0 saturated carbocycles. The lowest BCUT2D eigenvalue weighted by Crippen LogP contribution is -2.37. The number of ketones is 1. The fourth-order valence-electron chi connectivity index (χ4n) is 2.19. The van der Waals surface area contributed by atoms with Crippen molar-refractivity contribution in [3.8, 4) is 0 Å². The van der Waals surface area contributed by atoms with Gasteiger partial charge in [-0.25, -0.2) is 4.98 Å². The van der Waals surface area contributed by atoms with Crippen LogP contribution in [-0.4, -0.2) is 37.1 Å². The van der Waals surface area contributed by atoms with Crippen LogP contribution in [0.4, 0.5) is 5.13 Å². The zero-order valence-electron chi connectivity index (χ0n) is 12.5. The molecule has 0 aliphatic heterocycles. The van der Waals surface area contributed by atoms with Gasteiger partial charge in [0.15, 0.2) is 10.9 Å². The van der Waals surface area contributed by atoms with Gasteiger partial charge in [-0.2, -0.15) is 0 Å². The summed E-state index contributed by atoms with van der Waals surface area (Å²) >= 11 is 1.49. The summed E-state index contributed by atoms with van der Waals surface area (Å²) in [5.74, 6) is 0.0949. The van der Waals surface area contributed by atoms with Gasteiger partial charge in [0.25, 0.3) is 0 Å². The fraction of sp³-hybridized carbons (Fsp3) is 0.714. The maximum Gasteiger partial charge on any atom is 0.186 e. The summed E-state index contributed by atoms with van der Waals surface area (Å²) < 4.78 is 5.19. The van der Waals surface area contributed by atoms with Crippen LogP contribution in [-0.2, 0) is 4.74 Å². The van der Waals surface area contributed by atoms with Gasteiger partial charge >= 0.3 is 0 Å². The van der Waals surface area contributed by atoms with Crippen LogP contribution in [0.2, 0.25) is 0 Å². The largest absolute Gasteiger partial charge is 0.383 e. The number of Topliss-reactive ketones (excluding diaryl/α,β-unsaturated/α-hetero) is 1. The van der Waals surface area contributed by atoms with Crippen molar-refractivity contribution >= 4 is 22.3 Å². The Labute approximate surface area is 119 Å². The quantitative estimate of drug-likeness (QED) is 0.687. The molecule has 0 N–H and O–H groups in total. The number of rotatable bonds is 8. The zero-order valence-corrected chi connectivity index (χ0v) is 13.3. The first-order valence-corrected chi connectivity index (χ1v) is 7.60. The first-order valence-electron chi connectivity index (χ1n) is 6.79. The van der Waals surface area contributed by atoms with E-state index in [4.69, 9.17) is 4.74 Å². The van der Waals surface area contributed by atoms with E-state index >= 15 is 0 Å². The molecule has 0 unspecified atom stereocenters. The predicted octanol–water partition coefficient (Wildman–Crippen LogP) is 3.30. The number of methoxy groups -OCH3 is 1. The van der Waals surface area contributed by atoms with Crippen molar-refractivity contribution in [3.05, 3.63) is 10.6 Å². The molecule has 0 atom stereocenters. The summed E-state index contributed by atoms with van der Waals surface area (Å²) in [6.07, 6.45) is 2.13. The molecule has 0 aliphatic carbocycles. The number of aryl methyl sites for hydroxylation is 1. The molecular weight excluding hydrogens is 260 g/mol. The third-order valence-corrected chi connectivity index (χ3v) is 4.57. The van der Waals surface area contributed by atoms with E-state index in [1.54, 1.807) is 14.0 Å². The number of nitrogens with zero attached hydrogens (tertiary/aromatic N) is 2. The summed E-state index contributed by atoms with van der Waals surface area (Å²) in [5, 5.41) is 0.938. The van der Waals surface area contributed by atoms with E-state index in [2.05, 4.69) is 23.7 Å². The molecule has 0 radical (unpaired) electrons. The summed E-state index contributed by atoms with van der Waals surface area (Å²) in [5.41, 5.74) is 0.834. The number of hydrogen-bond acceptors (Lipinski definition) is 5. The van der Waals surface area contributed by atoms with Gasteiger partial charge in [0, 0.05) is 26.6 Å². The molecule has 19 heavy (non-hydrogen) atoms. The Morgan fingerprint density at radius 3 is 2.47 bits per heavy atom. The Balaban J connectivity index is 3.02. The van der Waals surface area contributed by atoms with Gasteiger partial charge in [-0.15, -0.1) is 0 Å². The van der Waals surface area contributed by atoms with Crippen LogP contribution in [0.3, 0.4) is 0 Å². The third-order valence-electron chi connectivity index (χ3n) is 3.27. The Bertz CT molecular complexity index is 414. The highest BCUT2D eigenvalue weighted by Crippen LogP contribution is 2.29. The predicted molar refractivity (Wildman–Crippen MR) is 80.4 cm³/mol. The van der Waals surface area contributed by atoms with Crippen LogP contribution in [0.25, 0.3) is 0 Å². The highest BCUT2D eigenvalue weighted by molar-refractivity contribution is 7.17. The van der Waals surface area contributed by atoms with Crippen LogP contribution >= 0.6 is 11.3 Å². The summed E-state index contributed by atoms with van der Waals surface area (Å²) in [7, 11) is 1.71. The van der Waals surface area contributed by atoms with E-state index in [1.807, 2.05) is 6.92 Å². The van der Waals surface area contributed by atoms with Gasteiger partial charge in [-0.1, -0.05) is 25.2 Å². The summed E-state index contributed by atoms with van der Waals surface area (Å²) in [6, 6.07) is 0.445. The first kappa shape index (κ1) is 16.1. The number of thiazole rings is 1. The molecule has 0 fully saturated rings. The lowest BCUT2D eigenvalue weighted by Gasteiger charge is -2.29. The van der Waals surface area contributed by atoms with Gasteiger partial charge in [-0.3, -0.25) is 4.79 Å². The maximum absolute atomic E-state index is 11.6. The smallest absolute Gasteiger partial charge is 0.186 e. The topological polar surface area (TPSA) is 42.4 Å². The summed E-state index contributed by atoms with van der Waals surface area (Å²) in [6.45, 7) is 9.34. The number of ether oxygens (including phenoxy) is 1. The monoisotopic (exact) mass is 284 g/mol. The van der Waals surface area contributed by atoms with E-state index in [1.165, 1.54) is 11.3 Å². The number of anilines is 1. The molecule has 0 saturated heterocycles. The first-order chi connectivity index (χ1) is 9.04. The minimum Gasteiger partial charge on any atom is -0.383 e. The van der Waals surface area contributed by atoms with E-state index in [0.717, 1.165) is 35.1 Å². The van der Waals surface area contributed by atoms with E-state index in [-0.39, 0.29) is 5.78 Å². The van der Waals surface area contributed by atoms with Crippen molar-refractivity contribution in [1.29, 1.82) is 0 Å². The van der Waals surface area contributed by atoms with E-state index in [0.29, 0.717) is 12.6 Å². The fourth-order valence-corrected chi connectivity index (χ4v) is 3.24. The van der Waals surface area contributed by atoms with Crippen molar-refractivity contribution in [3.63, 3.8) is 0 Å². The Morgan fingerprint density at radius 2 is 2.05 bits per heavy atom. The van der Waals surface area contributed by atoms with Gasteiger partial charge in [-0.05, 0) is 19.8 Å². The van der Waals surface area contributed by atoms with Gasteiger partial charge in [0.2, 0.25) is 0 Å². The standard InChI is InChI=1S/C14H24N2O2S/c1-6-12(7-2)16(8-9-18-5)14-15-10(3)13(19-14)11(4)17/h12H,6-9H2,1-5H3. The van der Waals surface area contributed by atoms with Gasteiger partial charge in [0.05, 0.1) is 17.2 Å². The SMILES string of the molecule is CCC(CC)N(CCOC)c1nc(C)c(C(C)=O)s1. The van der Waals surface area contributed by atoms with E-state index < -0.39 is 0 Å². The minimum absolute atomic E-state index is 0.0949. The molecule has 5 heteroatoms. The molecule has 108 valence electrons. The lowest BCUT2D eigenvalue weighted by molar-refractivity contribution is 0.102. The van der Waals surface area contributed by atoms with Gasteiger partial charge in [0.1, 0.15) is 0 Å². The number of aromatic nitrogens is 1. The minimum atomic E-state index is 0.0949. The normalized spacial score (nSPS) is 11.1. The number of carbonyl (C=O) groups excluding carboxylic acids is 1. The lowest BCUT2D eigenvalue weighted by atomic mass is 10.1. The van der Waals surface area contributed by atoms with Crippen LogP contribution in [0.15, 0.2) is 0 Å². The molecule has 1 aromatic heterocycles. The average Bonchev–Trinajstić information content (AvgIpc) is 2.76.